The molecule has 2 rings (SSSR count). The second-order valence-electron chi connectivity index (χ2n) is 2.96. The summed E-state index contributed by atoms with van der Waals surface area (Å²) in [6.07, 6.45) is 2.61. The number of thioether (sulfide) groups is 1. The molecule has 14 heavy (non-hydrogen) atoms. The standard InChI is InChI=1S/C11H10N2S/c12-6-3-7-14-11-8-13-10-5-2-1-4-9(10)11/h1-2,4-5,8,13H,3,7H2. The van der Waals surface area contributed by atoms with Crippen molar-refractivity contribution in [2.75, 3.05) is 5.75 Å². The topological polar surface area (TPSA) is 39.6 Å². The predicted octanol–water partition coefficient (Wildman–Crippen LogP) is 3.17. The Balaban J connectivity index is 2.22. The van der Waals surface area contributed by atoms with Gasteiger partial charge in [0.2, 0.25) is 0 Å². The maximum atomic E-state index is 8.44. The van der Waals surface area contributed by atoms with Gasteiger partial charge in [0.15, 0.2) is 0 Å². The van der Waals surface area contributed by atoms with Gasteiger partial charge in [-0.1, -0.05) is 18.2 Å². The Labute approximate surface area is 86.9 Å². The number of rotatable bonds is 3. The van der Waals surface area contributed by atoms with Crippen LogP contribution in [0.1, 0.15) is 6.42 Å². The fourth-order valence-corrected chi connectivity index (χ4v) is 2.26. The molecule has 1 aromatic heterocycles. The molecule has 1 aromatic carbocycles. The first-order valence-electron chi connectivity index (χ1n) is 4.47. The number of hydrogen-bond acceptors (Lipinski definition) is 2. The minimum Gasteiger partial charge on any atom is -0.360 e. The summed E-state index contributed by atoms with van der Waals surface area (Å²) in [5.41, 5.74) is 1.16. The third kappa shape index (κ3) is 1.75. The van der Waals surface area contributed by atoms with Gasteiger partial charge < -0.3 is 4.98 Å². The Kier molecular flexibility index (Phi) is 2.76. The summed E-state index contributed by atoms with van der Waals surface area (Å²) in [5.74, 6) is 0.859. The lowest BCUT2D eigenvalue weighted by Crippen LogP contribution is -1.74. The van der Waals surface area contributed by atoms with Gasteiger partial charge in [0, 0.05) is 34.2 Å². The molecular formula is C11H10N2S. The molecule has 2 aromatic rings. The van der Waals surface area contributed by atoms with Crippen LogP contribution in [0.25, 0.3) is 10.9 Å². The second-order valence-corrected chi connectivity index (χ2v) is 4.09. The number of nitrogens with zero attached hydrogens (tertiary/aromatic N) is 1. The van der Waals surface area contributed by atoms with E-state index < -0.39 is 0 Å². The van der Waals surface area contributed by atoms with Crippen molar-refractivity contribution in [2.24, 2.45) is 0 Å². The molecule has 0 aliphatic carbocycles. The van der Waals surface area contributed by atoms with Crippen molar-refractivity contribution < 1.29 is 0 Å². The monoisotopic (exact) mass is 202 g/mol. The quantitative estimate of drug-likeness (QED) is 0.613. The van der Waals surface area contributed by atoms with Crippen LogP contribution < -0.4 is 0 Å². The first-order valence-corrected chi connectivity index (χ1v) is 5.46. The number of aromatic nitrogens is 1. The van der Waals surface area contributed by atoms with E-state index in [1.165, 1.54) is 10.3 Å². The summed E-state index contributed by atoms with van der Waals surface area (Å²) in [5, 5.41) is 9.68. The normalized spacial score (nSPS) is 10.2. The molecule has 1 heterocycles. The van der Waals surface area contributed by atoms with Crippen LogP contribution in [0.4, 0.5) is 0 Å². The van der Waals surface area contributed by atoms with E-state index in [0.29, 0.717) is 6.42 Å². The highest BCUT2D eigenvalue weighted by atomic mass is 32.2. The van der Waals surface area contributed by atoms with Crippen molar-refractivity contribution in [3.63, 3.8) is 0 Å². The van der Waals surface area contributed by atoms with E-state index in [4.69, 9.17) is 5.26 Å². The minimum absolute atomic E-state index is 0.601. The van der Waals surface area contributed by atoms with Crippen molar-refractivity contribution in [1.29, 1.82) is 5.26 Å². The molecular weight excluding hydrogens is 192 g/mol. The number of benzene rings is 1. The van der Waals surface area contributed by atoms with Crippen LogP contribution in [-0.4, -0.2) is 10.7 Å². The molecule has 3 heteroatoms. The summed E-state index contributed by atoms with van der Waals surface area (Å²) in [7, 11) is 0. The summed E-state index contributed by atoms with van der Waals surface area (Å²) in [6.45, 7) is 0. The van der Waals surface area contributed by atoms with Gasteiger partial charge in [0.1, 0.15) is 0 Å². The third-order valence-electron chi connectivity index (χ3n) is 2.02. The first kappa shape index (κ1) is 9.17. The Hall–Kier alpha value is -1.40. The van der Waals surface area contributed by atoms with Crippen molar-refractivity contribution in [1.82, 2.24) is 4.98 Å². The fourth-order valence-electron chi connectivity index (χ4n) is 1.37. The van der Waals surface area contributed by atoms with Crippen molar-refractivity contribution in [3.05, 3.63) is 30.5 Å². The highest BCUT2D eigenvalue weighted by Crippen LogP contribution is 2.27. The molecule has 0 unspecified atom stereocenters. The van der Waals surface area contributed by atoms with Gasteiger partial charge >= 0.3 is 0 Å². The average molecular weight is 202 g/mol. The molecule has 0 saturated carbocycles. The van der Waals surface area contributed by atoms with E-state index in [1.807, 2.05) is 18.3 Å². The van der Waals surface area contributed by atoms with Gasteiger partial charge in [-0.05, 0) is 6.07 Å². The van der Waals surface area contributed by atoms with Crippen molar-refractivity contribution in [2.45, 2.75) is 11.3 Å². The van der Waals surface area contributed by atoms with Gasteiger partial charge in [-0.25, -0.2) is 0 Å². The summed E-state index contributed by atoms with van der Waals surface area (Å²) >= 11 is 1.73. The van der Waals surface area contributed by atoms with Crippen molar-refractivity contribution >= 4 is 22.7 Å². The molecule has 0 atom stereocenters. The third-order valence-corrected chi connectivity index (χ3v) is 3.08. The van der Waals surface area contributed by atoms with Gasteiger partial charge in [0.05, 0.1) is 6.07 Å². The molecule has 0 radical (unpaired) electrons. The van der Waals surface area contributed by atoms with Crippen LogP contribution in [0.3, 0.4) is 0 Å². The van der Waals surface area contributed by atoms with E-state index in [0.717, 1.165) is 11.3 Å². The maximum Gasteiger partial charge on any atom is 0.0630 e. The van der Waals surface area contributed by atoms with Gasteiger partial charge in [-0.15, -0.1) is 11.8 Å². The van der Waals surface area contributed by atoms with Crippen LogP contribution in [0.5, 0.6) is 0 Å². The number of H-pyrrole nitrogens is 1. The van der Waals surface area contributed by atoms with Crippen LogP contribution in [0.15, 0.2) is 35.4 Å². The van der Waals surface area contributed by atoms with Crippen LogP contribution in [-0.2, 0) is 0 Å². The molecule has 2 nitrogen and oxygen atoms in total. The minimum atomic E-state index is 0.601. The lowest BCUT2D eigenvalue weighted by atomic mass is 10.2. The van der Waals surface area contributed by atoms with Gasteiger partial charge in [-0.2, -0.15) is 5.26 Å². The Morgan fingerprint density at radius 3 is 3.07 bits per heavy atom. The SMILES string of the molecule is N#CCCSc1c[nH]c2ccccc12. The fraction of sp³-hybridized carbons (Fsp3) is 0.182. The number of hydrogen-bond donors (Lipinski definition) is 1. The molecule has 0 aliphatic rings. The summed E-state index contributed by atoms with van der Waals surface area (Å²) < 4.78 is 0. The average Bonchev–Trinajstić information content (AvgIpc) is 2.63. The Bertz CT molecular complexity index is 467. The summed E-state index contributed by atoms with van der Waals surface area (Å²) in [6, 6.07) is 10.4. The second kappa shape index (κ2) is 4.21. The molecule has 0 amide bonds. The molecule has 0 fully saturated rings. The molecule has 70 valence electrons. The van der Waals surface area contributed by atoms with Crippen LogP contribution >= 0.6 is 11.8 Å². The van der Waals surface area contributed by atoms with Crippen molar-refractivity contribution in [3.8, 4) is 6.07 Å². The highest BCUT2D eigenvalue weighted by Gasteiger charge is 2.01. The number of para-hydroxylation sites is 1. The van der Waals surface area contributed by atoms with E-state index in [2.05, 4.69) is 23.2 Å². The molecule has 0 saturated heterocycles. The number of nitriles is 1. The van der Waals surface area contributed by atoms with Gasteiger partial charge in [-0.3, -0.25) is 0 Å². The van der Waals surface area contributed by atoms with E-state index in [-0.39, 0.29) is 0 Å². The van der Waals surface area contributed by atoms with Gasteiger partial charge in [0.25, 0.3) is 0 Å². The maximum absolute atomic E-state index is 8.44. The number of nitrogens with one attached hydrogen (secondary N) is 1. The lowest BCUT2D eigenvalue weighted by Gasteiger charge is -1.95. The van der Waals surface area contributed by atoms with Crippen LogP contribution in [0.2, 0.25) is 0 Å². The number of fused-ring (bicyclic) bond motifs is 1. The zero-order valence-electron chi connectivity index (χ0n) is 7.66. The molecule has 0 aliphatic heterocycles. The zero-order valence-corrected chi connectivity index (χ0v) is 8.47. The Morgan fingerprint density at radius 2 is 2.21 bits per heavy atom. The predicted molar refractivity (Wildman–Crippen MR) is 59.3 cm³/mol. The largest absolute Gasteiger partial charge is 0.360 e. The molecule has 1 N–H and O–H groups in total. The van der Waals surface area contributed by atoms with E-state index in [1.54, 1.807) is 11.8 Å². The molecule has 0 bridgehead atoms. The van der Waals surface area contributed by atoms with Crippen LogP contribution in [0, 0.1) is 11.3 Å². The smallest absolute Gasteiger partial charge is 0.0630 e. The lowest BCUT2D eigenvalue weighted by molar-refractivity contribution is 1.24. The van der Waals surface area contributed by atoms with E-state index in [9.17, 15) is 0 Å². The molecule has 0 spiro atoms. The summed E-state index contributed by atoms with van der Waals surface area (Å²) in [4.78, 5) is 4.44. The Morgan fingerprint density at radius 1 is 1.36 bits per heavy atom. The first-order chi connectivity index (χ1) is 6.92. The zero-order chi connectivity index (χ0) is 9.80. The number of aromatic amines is 1. The van der Waals surface area contributed by atoms with E-state index >= 15 is 0 Å². The highest BCUT2D eigenvalue weighted by molar-refractivity contribution is 7.99.